The van der Waals surface area contributed by atoms with Crippen molar-refractivity contribution in [3.63, 3.8) is 0 Å². The van der Waals surface area contributed by atoms with E-state index in [1.807, 2.05) is 55.5 Å². The quantitative estimate of drug-likeness (QED) is 0.502. The van der Waals surface area contributed by atoms with Gasteiger partial charge in [0.05, 0.1) is 17.4 Å². The van der Waals surface area contributed by atoms with Gasteiger partial charge in [0.2, 0.25) is 5.91 Å². The van der Waals surface area contributed by atoms with Crippen LogP contribution in [0.15, 0.2) is 72.8 Å². The molecule has 0 saturated carbocycles. The molecule has 5 nitrogen and oxygen atoms in total. The molecule has 0 aliphatic carbocycles. The van der Waals surface area contributed by atoms with Crippen LogP contribution >= 0.6 is 23.2 Å². The first-order valence-corrected chi connectivity index (χ1v) is 10.6. The van der Waals surface area contributed by atoms with Crippen molar-refractivity contribution in [1.82, 2.24) is 0 Å². The molecule has 2 aliphatic rings. The Morgan fingerprint density at radius 3 is 2.29 bits per heavy atom. The van der Waals surface area contributed by atoms with Crippen molar-refractivity contribution >= 4 is 46.4 Å². The fourth-order valence-electron chi connectivity index (χ4n) is 4.29. The number of imide groups is 1. The molecule has 0 aromatic heterocycles. The van der Waals surface area contributed by atoms with E-state index < -0.39 is 18.1 Å². The summed E-state index contributed by atoms with van der Waals surface area (Å²) in [5.41, 5.74) is 2.91. The molecule has 31 heavy (non-hydrogen) atoms. The monoisotopic (exact) mass is 452 g/mol. The Morgan fingerprint density at radius 2 is 1.58 bits per heavy atom. The highest BCUT2D eigenvalue weighted by Crippen LogP contribution is 2.49. The summed E-state index contributed by atoms with van der Waals surface area (Å²) < 4.78 is 0. The maximum Gasteiger partial charge on any atom is 0.266 e. The van der Waals surface area contributed by atoms with Crippen LogP contribution in [0.5, 0.6) is 0 Å². The number of hydroxylamine groups is 1. The summed E-state index contributed by atoms with van der Waals surface area (Å²) >= 11 is 12.6. The van der Waals surface area contributed by atoms with Gasteiger partial charge in [-0.1, -0.05) is 59.6 Å². The first-order chi connectivity index (χ1) is 15.0. The van der Waals surface area contributed by atoms with Gasteiger partial charge in [-0.05, 0) is 54.4 Å². The lowest BCUT2D eigenvalue weighted by atomic mass is 9.90. The molecule has 5 rings (SSSR count). The van der Waals surface area contributed by atoms with Crippen LogP contribution < -0.4 is 9.96 Å². The number of hydrogen-bond acceptors (Lipinski definition) is 4. The Morgan fingerprint density at radius 1 is 0.839 bits per heavy atom. The van der Waals surface area contributed by atoms with Crippen LogP contribution in [0.1, 0.15) is 17.2 Å². The number of carbonyl (C=O) groups excluding carboxylic acids is 2. The summed E-state index contributed by atoms with van der Waals surface area (Å²) in [6.45, 7) is 1.92. The first-order valence-electron chi connectivity index (χ1n) is 9.86. The predicted octanol–water partition coefficient (Wildman–Crippen LogP) is 5.35. The number of fused-ring (bicyclic) bond motifs is 1. The minimum atomic E-state index is -0.940. The number of benzene rings is 3. The molecule has 0 unspecified atom stereocenters. The first kappa shape index (κ1) is 20.1. The number of rotatable bonds is 3. The molecule has 7 heteroatoms. The number of carbonyl (C=O) groups is 2. The van der Waals surface area contributed by atoms with E-state index in [0.717, 1.165) is 11.3 Å². The zero-order valence-electron chi connectivity index (χ0n) is 16.5. The van der Waals surface area contributed by atoms with E-state index in [2.05, 4.69) is 0 Å². The number of halogens is 2. The van der Waals surface area contributed by atoms with E-state index in [-0.39, 0.29) is 11.8 Å². The van der Waals surface area contributed by atoms with Gasteiger partial charge in [-0.3, -0.25) is 14.4 Å². The van der Waals surface area contributed by atoms with Crippen LogP contribution in [-0.2, 0) is 14.4 Å². The van der Waals surface area contributed by atoms with E-state index >= 15 is 0 Å². The van der Waals surface area contributed by atoms with Crippen LogP contribution in [0.3, 0.4) is 0 Å². The maximum atomic E-state index is 13.6. The highest BCUT2D eigenvalue weighted by Gasteiger charge is 2.60. The third kappa shape index (κ3) is 3.30. The lowest BCUT2D eigenvalue weighted by Gasteiger charge is -2.29. The second kappa shape index (κ2) is 7.68. The van der Waals surface area contributed by atoms with E-state index in [1.54, 1.807) is 29.3 Å². The Kier molecular flexibility index (Phi) is 4.97. The third-order valence-electron chi connectivity index (χ3n) is 5.67. The Bertz CT molecular complexity index is 1180. The fourth-order valence-corrected chi connectivity index (χ4v) is 4.81. The third-order valence-corrected chi connectivity index (χ3v) is 6.23. The van der Waals surface area contributed by atoms with Crippen LogP contribution in [0.25, 0.3) is 0 Å². The average Bonchev–Trinajstić information content (AvgIpc) is 3.25. The number of nitrogens with zero attached hydrogens (tertiary/aromatic N) is 2. The van der Waals surface area contributed by atoms with Crippen molar-refractivity contribution in [1.29, 1.82) is 0 Å². The van der Waals surface area contributed by atoms with Gasteiger partial charge in [0.15, 0.2) is 6.10 Å². The number of para-hydroxylation sites is 1. The molecular formula is C24H18Cl2N2O3. The van der Waals surface area contributed by atoms with Gasteiger partial charge in [-0.2, -0.15) is 0 Å². The number of anilines is 2. The molecule has 156 valence electrons. The molecule has 0 N–H and O–H groups in total. The molecule has 3 aromatic carbocycles. The van der Waals surface area contributed by atoms with E-state index in [1.165, 1.54) is 4.90 Å². The number of hydrogen-bond donors (Lipinski definition) is 0. The van der Waals surface area contributed by atoms with Crippen molar-refractivity contribution in [2.45, 2.75) is 19.1 Å². The molecule has 2 fully saturated rings. The van der Waals surface area contributed by atoms with Gasteiger partial charge < -0.3 is 0 Å². The number of amides is 2. The van der Waals surface area contributed by atoms with Crippen LogP contribution in [0.4, 0.5) is 11.4 Å². The molecule has 2 amide bonds. The van der Waals surface area contributed by atoms with Crippen LogP contribution in [-0.4, -0.2) is 17.9 Å². The normalized spacial score (nSPS) is 22.9. The molecule has 3 aromatic rings. The second-order valence-electron chi connectivity index (χ2n) is 7.67. The summed E-state index contributed by atoms with van der Waals surface area (Å²) in [5, 5.41) is 2.52. The summed E-state index contributed by atoms with van der Waals surface area (Å²) in [6, 6.07) is 21.2. The van der Waals surface area contributed by atoms with Gasteiger partial charge in [0, 0.05) is 10.0 Å². The van der Waals surface area contributed by atoms with Crippen LogP contribution in [0, 0.1) is 12.8 Å². The van der Waals surface area contributed by atoms with Crippen molar-refractivity contribution in [3.8, 4) is 0 Å². The van der Waals surface area contributed by atoms with Gasteiger partial charge in [0.25, 0.3) is 5.91 Å². The minimum absolute atomic E-state index is 0.310. The average molecular weight is 453 g/mol. The second-order valence-corrected chi connectivity index (χ2v) is 8.52. The van der Waals surface area contributed by atoms with Gasteiger partial charge in [0.1, 0.15) is 5.92 Å². The van der Waals surface area contributed by atoms with Crippen molar-refractivity contribution in [2.24, 2.45) is 5.92 Å². The molecule has 3 atom stereocenters. The molecule has 0 bridgehead atoms. The van der Waals surface area contributed by atoms with Gasteiger partial charge >= 0.3 is 0 Å². The summed E-state index contributed by atoms with van der Waals surface area (Å²) in [5.74, 6) is -1.43. The summed E-state index contributed by atoms with van der Waals surface area (Å²) in [7, 11) is 0. The van der Waals surface area contributed by atoms with Crippen molar-refractivity contribution < 1.29 is 14.4 Å². The molecule has 2 aliphatic heterocycles. The van der Waals surface area contributed by atoms with E-state index in [0.29, 0.717) is 21.3 Å². The fraction of sp³-hybridized carbons (Fsp3) is 0.167. The van der Waals surface area contributed by atoms with Crippen LogP contribution in [0.2, 0.25) is 10.0 Å². The molecular weight excluding hydrogens is 435 g/mol. The topological polar surface area (TPSA) is 49.9 Å². The largest absolute Gasteiger partial charge is 0.273 e. The maximum absolute atomic E-state index is 13.6. The standard InChI is InChI=1S/C24H18Cl2N2O3/c1-14-6-5-9-17(12-14)27-23(29)20-21(18-11-10-15(25)13-19(18)26)28(31-22(20)24(27)30)16-7-3-2-4-8-16/h2-13,20-22H,1H3/t20-,21+,22-/m1/s1. The summed E-state index contributed by atoms with van der Waals surface area (Å²) in [6.07, 6.45) is -0.940. The lowest BCUT2D eigenvalue weighted by molar-refractivity contribution is -0.126. The van der Waals surface area contributed by atoms with Crippen molar-refractivity contribution in [3.05, 3.63) is 94.0 Å². The number of aryl methyl sites for hydroxylation is 1. The van der Waals surface area contributed by atoms with E-state index in [4.69, 9.17) is 28.0 Å². The summed E-state index contributed by atoms with van der Waals surface area (Å²) in [4.78, 5) is 34.2. The molecule has 0 spiro atoms. The van der Waals surface area contributed by atoms with E-state index in [9.17, 15) is 9.59 Å². The zero-order chi connectivity index (χ0) is 21.7. The smallest absolute Gasteiger partial charge is 0.266 e. The minimum Gasteiger partial charge on any atom is -0.273 e. The SMILES string of the molecule is Cc1cccc(N2C(=O)[C@H]3[C@@H](ON(c4ccccc4)[C@H]3c3ccc(Cl)cc3Cl)C2=O)c1. The zero-order valence-corrected chi connectivity index (χ0v) is 18.0. The Labute approximate surface area is 189 Å². The Balaban J connectivity index is 1.62. The highest BCUT2D eigenvalue weighted by atomic mass is 35.5. The molecule has 2 heterocycles. The highest BCUT2D eigenvalue weighted by molar-refractivity contribution is 6.35. The van der Waals surface area contributed by atoms with Gasteiger partial charge in [-0.15, -0.1) is 0 Å². The lowest BCUT2D eigenvalue weighted by Crippen LogP contribution is -2.37. The predicted molar refractivity (Wildman–Crippen MR) is 120 cm³/mol. The van der Waals surface area contributed by atoms with Crippen molar-refractivity contribution in [2.75, 3.05) is 9.96 Å². The molecule has 2 saturated heterocycles. The van der Waals surface area contributed by atoms with Gasteiger partial charge in [-0.25, -0.2) is 9.96 Å². The molecule has 0 radical (unpaired) electrons. The Hall–Kier alpha value is -2.86.